The number of carbonyl (C=O) groups excluding carboxylic acids is 1. The third kappa shape index (κ3) is 4.63. The quantitative estimate of drug-likeness (QED) is 0.259. The van der Waals surface area contributed by atoms with Gasteiger partial charge in [0.05, 0.1) is 11.3 Å². The molecule has 1 aromatic carbocycles. The third-order valence-corrected chi connectivity index (χ3v) is 2.94. The standard InChI is InChI=1S/C11H14N4O4S/c1-15(2)5-6-19-11(16)9-4-3-8(20(17)18)7-10(9)13-14-12/h3-4,7H,5-6H2,1-2H3,(H,17,18)/p-1. The largest absolute Gasteiger partial charge is 0.768 e. The second kappa shape index (κ2) is 7.61. The summed E-state index contributed by atoms with van der Waals surface area (Å²) in [5.41, 5.74) is 8.39. The van der Waals surface area contributed by atoms with Crippen LogP contribution in [0.15, 0.2) is 28.2 Å². The summed E-state index contributed by atoms with van der Waals surface area (Å²) in [6.45, 7) is 0.724. The number of carbonyl (C=O) groups is 1. The zero-order chi connectivity index (χ0) is 15.1. The van der Waals surface area contributed by atoms with Crippen molar-refractivity contribution in [2.75, 3.05) is 27.2 Å². The molecule has 1 aromatic rings. The summed E-state index contributed by atoms with van der Waals surface area (Å²) in [6.07, 6.45) is 0. The van der Waals surface area contributed by atoms with Gasteiger partial charge in [-0.1, -0.05) is 5.11 Å². The van der Waals surface area contributed by atoms with Crippen LogP contribution in [0.1, 0.15) is 10.4 Å². The Kier molecular flexibility index (Phi) is 6.13. The lowest BCUT2D eigenvalue weighted by Crippen LogP contribution is -2.20. The Morgan fingerprint density at radius 2 is 2.25 bits per heavy atom. The van der Waals surface area contributed by atoms with E-state index < -0.39 is 17.0 Å². The normalized spacial score (nSPS) is 11.8. The molecule has 0 amide bonds. The molecular weight excluding hydrogens is 284 g/mol. The summed E-state index contributed by atoms with van der Waals surface area (Å²) in [5, 5.41) is 3.31. The van der Waals surface area contributed by atoms with Gasteiger partial charge in [0.25, 0.3) is 0 Å². The van der Waals surface area contributed by atoms with Gasteiger partial charge >= 0.3 is 5.97 Å². The van der Waals surface area contributed by atoms with E-state index in [9.17, 15) is 13.6 Å². The first kappa shape index (κ1) is 16.1. The molecule has 0 spiro atoms. The Bertz CT molecular complexity index is 570. The highest BCUT2D eigenvalue weighted by Gasteiger charge is 2.13. The highest BCUT2D eigenvalue weighted by Crippen LogP contribution is 2.23. The predicted octanol–water partition coefficient (Wildman–Crippen LogP) is 1.58. The number of likely N-dealkylation sites (N-methyl/N-ethyl adjacent to an activating group) is 1. The van der Waals surface area contributed by atoms with E-state index in [4.69, 9.17) is 10.3 Å². The first-order valence-corrected chi connectivity index (χ1v) is 6.63. The Morgan fingerprint density at radius 1 is 1.55 bits per heavy atom. The van der Waals surface area contributed by atoms with Crippen molar-refractivity contribution in [1.29, 1.82) is 0 Å². The van der Waals surface area contributed by atoms with E-state index in [1.165, 1.54) is 12.1 Å². The molecular formula is C11H13N4O4S-. The van der Waals surface area contributed by atoms with Crippen molar-refractivity contribution < 1.29 is 18.3 Å². The van der Waals surface area contributed by atoms with Crippen molar-refractivity contribution in [2.45, 2.75) is 4.90 Å². The zero-order valence-corrected chi connectivity index (χ0v) is 11.8. The van der Waals surface area contributed by atoms with E-state index in [1.807, 2.05) is 19.0 Å². The van der Waals surface area contributed by atoms with Crippen LogP contribution in [0.3, 0.4) is 0 Å². The van der Waals surface area contributed by atoms with Crippen molar-refractivity contribution in [1.82, 2.24) is 4.90 Å². The molecule has 9 heteroatoms. The third-order valence-electron chi connectivity index (χ3n) is 2.31. The number of nitrogens with zero attached hydrogens (tertiary/aromatic N) is 4. The molecule has 0 fully saturated rings. The van der Waals surface area contributed by atoms with Crippen LogP contribution in [0.2, 0.25) is 0 Å². The van der Waals surface area contributed by atoms with Crippen molar-refractivity contribution in [2.24, 2.45) is 5.11 Å². The van der Waals surface area contributed by atoms with Gasteiger partial charge in [-0.05, 0) is 48.9 Å². The maximum Gasteiger partial charge on any atom is 0.338 e. The summed E-state index contributed by atoms with van der Waals surface area (Å²) in [5.74, 6) is -0.669. The highest BCUT2D eigenvalue weighted by molar-refractivity contribution is 7.79. The van der Waals surface area contributed by atoms with Crippen LogP contribution >= 0.6 is 0 Å². The van der Waals surface area contributed by atoms with Crippen LogP contribution in [0.5, 0.6) is 0 Å². The van der Waals surface area contributed by atoms with Crippen LogP contribution < -0.4 is 0 Å². The van der Waals surface area contributed by atoms with Crippen LogP contribution in [0.4, 0.5) is 5.69 Å². The number of hydrogen-bond donors (Lipinski definition) is 0. The summed E-state index contributed by atoms with van der Waals surface area (Å²) in [6, 6.07) is 3.61. The molecule has 0 aliphatic heterocycles. The SMILES string of the molecule is CN(C)CCOC(=O)c1ccc(S(=O)[O-])cc1N=[N+]=[N-]. The fraction of sp³-hybridized carbons (Fsp3) is 0.364. The van der Waals surface area contributed by atoms with Gasteiger partial charge in [0.2, 0.25) is 0 Å². The Balaban J connectivity index is 2.95. The average molecular weight is 297 g/mol. The summed E-state index contributed by atoms with van der Waals surface area (Å²) >= 11 is -2.47. The van der Waals surface area contributed by atoms with Gasteiger partial charge in [0.1, 0.15) is 6.61 Å². The van der Waals surface area contributed by atoms with Crippen molar-refractivity contribution in [3.05, 3.63) is 34.2 Å². The Labute approximate surface area is 118 Å². The molecule has 0 aromatic heterocycles. The molecule has 108 valence electrons. The Morgan fingerprint density at radius 3 is 2.80 bits per heavy atom. The van der Waals surface area contributed by atoms with Gasteiger partial charge in [-0.25, -0.2) is 4.79 Å². The highest BCUT2D eigenvalue weighted by atomic mass is 32.2. The van der Waals surface area contributed by atoms with E-state index in [1.54, 1.807) is 0 Å². The first-order valence-electron chi connectivity index (χ1n) is 5.56. The maximum atomic E-state index is 11.8. The molecule has 0 N–H and O–H groups in total. The lowest BCUT2D eigenvalue weighted by Gasteiger charge is -2.12. The number of esters is 1. The average Bonchev–Trinajstić information content (AvgIpc) is 2.38. The molecule has 0 saturated heterocycles. The minimum absolute atomic E-state index is 0.0238. The minimum Gasteiger partial charge on any atom is -0.768 e. The molecule has 0 heterocycles. The molecule has 1 atom stereocenters. The van der Waals surface area contributed by atoms with Crippen molar-refractivity contribution in [3.63, 3.8) is 0 Å². The number of azide groups is 1. The zero-order valence-electron chi connectivity index (χ0n) is 11.0. The van der Waals surface area contributed by atoms with Crippen LogP contribution in [0, 0.1) is 0 Å². The van der Waals surface area contributed by atoms with Crippen molar-refractivity contribution in [3.8, 4) is 0 Å². The second-order valence-electron chi connectivity index (χ2n) is 4.04. The molecule has 0 bridgehead atoms. The second-order valence-corrected chi connectivity index (χ2v) is 4.98. The predicted molar refractivity (Wildman–Crippen MR) is 71.3 cm³/mol. The van der Waals surface area contributed by atoms with Gasteiger partial charge in [-0.15, -0.1) is 0 Å². The monoisotopic (exact) mass is 297 g/mol. The molecule has 0 saturated carbocycles. The molecule has 20 heavy (non-hydrogen) atoms. The first-order chi connectivity index (χ1) is 9.45. The van der Waals surface area contributed by atoms with E-state index >= 15 is 0 Å². The molecule has 0 radical (unpaired) electrons. The van der Waals surface area contributed by atoms with E-state index in [0.717, 1.165) is 6.07 Å². The smallest absolute Gasteiger partial charge is 0.338 e. The van der Waals surface area contributed by atoms with Gasteiger partial charge in [-0.2, -0.15) is 0 Å². The molecule has 0 aliphatic carbocycles. The Hall–Kier alpha value is -1.93. The number of hydrogen-bond acceptors (Lipinski definition) is 6. The fourth-order valence-electron chi connectivity index (χ4n) is 1.32. The van der Waals surface area contributed by atoms with E-state index in [2.05, 4.69) is 10.0 Å². The molecule has 1 unspecified atom stereocenters. The lowest BCUT2D eigenvalue weighted by atomic mass is 10.2. The molecule has 0 aliphatic rings. The maximum absolute atomic E-state index is 11.8. The van der Waals surface area contributed by atoms with Crippen LogP contribution in [0.25, 0.3) is 10.4 Å². The molecule has 1 rings (SSSR count). The summed E-state index contributed by atoms with van der Waals surface area (Å²) in [4.78, 5) is 16.2. The van der Waals surface area contributed by atoms with Crippen LogP contribution in [-0.4, -0.2) is 46.9 Å². The minimum atomic E-state index is -2.47. The van der Waals surface area contributed by atoms with Gasteiger partial charge in [-0.3, -0.25) is 4.21 Å². The summed E-state index contributed by atoms with van der Waals surface area (Å²) in [7, 11) is 3.66. The molecule has 8 nitrogen and oxygen atoms in total. The number of benzene rings is 1. The van der Waals surface area contributed by atoms with E-state index in [0.29, 0.717) is 6.54 Å². The van der Waals surface area contributed by atoms with E-state index in [-0.39, 0.29) is 22.8 Å². The number of rotatable bonds is 6. The summed E-state index contributed by atoms with van der Waals surface area (Å²) < 4.78 is 26.7. The fourth-order valence-corrected chi connectivity index (χ4v) is 1.70. The topological polar surface area (TPSA) is 118 Å². The van der Waals surface area contributed by atoms with Gasteiger partial charge in [0.15, 0.2) is 0 Å². The van der Waals surface area contributed by atoms with Gasteiger partial charge < -0.3 is 14.2 Å². The van der Waals surface area contributed by atoms with Crippen molar-refractivity contribution >= 4 is 22.7 Å². The number of ether oxygens (including phenoxy) is 1. The lowest BCUT2D eigenvalue weighted by molar-refractivity contribution is 0.0482. The van der Waals surface area contributed by atoms with Gasteiger partial charge in [0, 0.05) is 16.4 Å². The van der Waals surface area contributed by atoms with Crippen LogP contribution in [-0.2, 0) is 15.8 Å².